The first-order chi connectivity index (χ1) is 9.04. The number of para-hydroxylation sites is 1. The van der Waals surface area contributed by atoms with Crippen LogP contribution >= 0.6 is 15.9 Å². The van der Waals surface area contributed by atoms with Crippen LogP contribution in [0.5, 0.6) is 0 Å². The summed E-state index contributed by atoms with van der Waals surface area (Å²) in [5.74, 6) is -0.428. The Morgan fingerprint density at radius 3 is 2.26 bits per heavy atom. The van der Waals surface area contributed by atoms with Crippen LogP contribution in [-0.4, -0.2) is 5.91 Å². The van der Waals surface area contributed by atoms with Gasteiger partial charge >= 0.3 is 0 Å². The predicted octanol–water partition coefficient (Wildman–Crippen LogP) is 3.26. The number of carbonyl (C=O) groups excluding carboxylic acids is 1. The number of hydrogen-bond acceptors (Lipinski definition) is 2. The molecule has 2 aromatic rings. The van der Waals surface area contributed by atoms with Crippen LogP contribution in [0, 0.1) is 0 Å². The molecule has 0 heterocycles. The van der Waals surface area contributed by atoms with E-state index in [0.29, 0.717) is 0 Å². The average molecular weight is 319 g/mol. The molecule has 0 radical (unpaired) electrons. The largest absolute Gasteiger partial charge is 0.368 e. The van der Waals surface area contributed by atoms with Crippen LogP contribution < -0.4 is 11.1 Å². The van der Waals surface area contributed by atoms with Gasteiger partial charge in [-0.1, -0.05) is 52.3 Å². The maximum Gasteiger partial charge on any atom is 0.247 e. The zero-order valence-electron chi connectivity index (χ0n) is 10.6. The number of halogens is 1. The lowest BCUT2D eigenvalue weighted by Gasteiger charge is -2.30. The number of hydrogen-bond donors (Lipinski definition) is 2. The highest BCUT2D eigenvalue weighted by Gasteiger charge is 2.34. The minimum atomic E-state index is -0.971. The molecule has 0 aromatic heterocycles. The summed E-state index contributed by atoms with van der Waals surface area (Å²) in [6, 6.07) is 17.1. The van der Waals surface area contributed by atoms with Gasteiger partial charge in [-0.05, 0) is 25.1 Å². The number of nitrogens with one attached hydrogen (secondary N) is 1. The summed E-state index contributed by atoms with van der Waals surface area (Å²) in [6.45, 7) is 1.78. The molecule has 0 saturated heterocycles. The Labute approximate surface area is 121 Å². The molecule has 1 amide bonds. The lowest BCUT2D eigenvalue weighted by molar-refractivity contribution is -0.122. The standard InChI is InChI=1S/C15H15BrN2O/c1-15(14(17)19,12-9-5-6-10-13(12)16)18-11-7-3-2-4-8-11/h2-10,18H,1H3,(H2,17,19). The zero-order chi connectivity index (χ0) is 13.9. The molecule has 0 aliphatic rings. The van der Waals surface area contributed by atoms with E-state index in [-0.39, 0.29) is 0 Å². The van der Waals surface area contributed by atoms with Crippen molar-refractivity contribution >= 4 is 27.5 Å². The van der Waals surface area contributed by atoms with Crippen molar-refractivity contribution in [3.8, 4) is 0 Å². The molecule has 98 valence electrons. The van der Waals surface area contributed by atoms with E-state index in [1.165, 1.54) is 0 Å². The van der Waals surface area contributed by atoms with Gasteiger partial charge in [0.25, 0.3) is 0 Å². The lowest BCUT2D eigenvalue weighted by atomic mass is 9.91. The van der Waals surface area contributed by atoms with E-state index in [1.807, 2.05) is 54.6 Å². The Bertz CT molecular complexity index is 586. The molecule has 2 aromatic carbocycles. The van der Waals surface area contributed by atoms with Crippen LogP contribution in [0.15, 0.2) is 59.1 Å². The summed E-state index contributed by atoms with van der Waals surface area (Å²) in [5, 5.41) is 3.21. The van der Waals surface area contributed by atoms with E-state index >= 15 is 0 Å². The van der Waals surface area contributed by atoms with Gasteiger partial charge in [-0.15, -0.1) is 0 Å². The molecule has 0 fully saturated rings. The van der Waals surface area contributed by atoms with Gasteiger partial charge in [-0.3, -0.25) is 4.79 Å². The number of benzene rings is 2. The van der Waals surface area contributed by atoms with E-state index in [4.69, 9.17) is 5.73 Å². The van der Waals surface area contributed by atoms with Crippen molar-refractivity contribution in [3.63, 3.8) is 0 Å². The van der Waals surface area contributed by atoms with Gasteiger partial charge < -0.3 is 11.1 Å². The van der Waals surface area contributed by atoms with Gasteiger partial charge in [0.05, 0.1) is 0 Å². The molecular weight excluding hydrogens is 304 g/mol. The molecule has 0 aliphatic carbocycles. The summed E-state index contributed by atoms with van der Waals surface area (Å²) < 4.78 is 0.847. The molecule has 2 rings (SSSR count). The van der Waals surface area contributed by atoms with Gasteiger partial charge in [0.2, 0.25) is 5.91 Å². The summed E-state index contributed by atoms with van der Waals surface area (Å²) >= 11 is 3.47. The third-order valence-corrected chi connectivity index (χ3v) is 3.76. The SMILES string of the molecule is CC(Nc1ccccc1)(C(N)=O)c1ccccc1Br. The minimum absolute atomic E-state index is 0.428. The predicted molar refractivity (Wildman–Crippen MR) is 80.8 cm³/mol. The van der Waals surface area contributed by atoms with E-state index in [2.05, 4.69) is 21.2 Å². The van der Waals surface area contributed by atoms with Crippen molar-refractivity contribution in [2.45, 2.75) is 12.5 Å². The second-order valence-corrected chi connectivity index (χ2v) is 5.31. The number of carbonyl (C=O) groups is 1. The molecule has 3 nitrogen and oxygen atoms in total. The third-order valence-electron chi connectivity index (χ3n) is 3.07. The van der Waals surface area contributed by atoms with Crippen molar-refractivity contribution < 1.29 is 4.79 Å². The van der Waals surface area contributed by atoms with Gasteiger partial charge in [-0.25, -0.2) is 0 Å². The zero-order valence-corrected chi connectivity index (χ0v) is 12.1. The first-order valence-electron chi connectivity index (χ1n) is 5.92. The molecule has 4 heteroatoms. The lowest BCUT2D eigenvalue weighted by Crippen LogP contribution is -2.45. The molecule has 0 saturated carbocycles. The number of primary amides is 1. The second kappa shape index (κ2) is 5.45. The number of anilines is 1. The van der Waals surface area contributed by atoms with Gasteiger partial charge in [0, 0.05) is 15.7 Å². The Hall–Kier alpha value is -1.81. The fourth-order valence-electron chi connectivity index (χ4n) is 1.94. The molecule has 3 N–H and O–H groups in total. The number of rotatable bonds is 4. The van der Waals surface area contributed by atoms with Crippen molar-refractivity contribution in [2.24, 2.45) is 5.73 Å². The van der Waals surface area contributed by atoms with Crippen LogP contribution in [-0.2, 0) is 10.3 Å². The van der Waals surface area contributed by atoms with Gasteiger partial charge in [0.1, 0.15) is 5.54 Å². The Morgan fingerprint density at radius 2 is 1.68 bits per heavy atom. The van der Waals surface area contributed by atoms with Crippen molar-refractivity contribution in [1.29, 1.82) is 0 Å². The quantitative estimate of drug-likeness (QED) is 0.909. The van der Waals surface area contributed by atoms with Crippen LogP contribution in [0.3, 0.4) is 0 Å². The summed E-state index contributed by atoms with van der Waals surface area (Å²) in [7, 11) is 0. The highest BCUT2D eigenvalue weighted by Crippen LogP contribution is 2.31. The Balaban J connectivity index is 2.45. The third kappa shape index (κ3) is 2.79. The van der Waals surface area contributed by atoms with Crippen molar-refractivity contribution in [1.82, 2.24) is 0 Å². The van der Waals surface area contributed by atoms with E-state index in [9.17, 15) is 4.79 Å². The van der Waals surface area contributed by atoms with Crippen LogP contribution in [0.2, 0.25) is 0 Å². The van der Waals surface area contributed by atoms with Crippen LogP contribution in [0.4, 0.5) is 5.69 Å². The fraction of sp³-hybridized carbons (Fsp3) is 0.133. The molecule has 1 atom stereocenters. The number of nitrogens with two attached hydrogens (primary N) is 1. The second-order valence-electron chi connectivity index (χ2n) is 4.46. The normalized spacial score (nSPS) is 13.6. The number of amides is 1. The van der Waals surface area contributed by atoms with E-state index in [0.717, 1.165) is 15.7 Å². The maximum absolute atomic E-state index is 11.9. The molecule has 1 unspecified atom stereocenters. The molecule has 0 spiro atoms. The highest BCUT2D eigenvalue weighted by atomic mass is 79.9. The maximum atomic E-state index is 11.9. The molecule has 0 aliphatic heterocycles. The van der Waals surface area contributed by atoms with Crippen LogP contribution in [0.1, 0.15) is 12.5 Å². The first-order valence-corrected chi connectivity index (χ1v) is 6.71. The van der Waals surface area contributed by atoms with Crippen LogP contribution in [0.25, 0.3) is 0 Å². The first kappa shape index (κ1) is 13.6. The Kier molecular flexibility index (Phi) is 3.90. The fourth-order valence-corrected chi connectivity index (χ4v) is 2.62. The van der Waals surface area contributed by atoms with Gasteiger partial charge in [-0.2, -0.15) is 0 Å². The summed E-state index contributed by atoms with van der Waals surface area (Å²) in [5.41, 5.74) is 6.28. The average Bonchev–Trinajstić information content (AvgIpc) is 2.40. The van der Waals surface area contributed by atoms with Gasteiger partial charge in [0.15, 0.2) is 0 Å². The molecule has 19 heavy (non-hydrogen) atoms. The minimum Gasteiger partial charge on any atom is -0.368 e. The molecular formula is C15H15BrN2O. The smallest absolute Gasteiger partial charge is 0.247 e. The summed E-state index contributed by atoms with van der Waals surface area (Å²) in [4.78, 5) is 11.9. The Morgan fingerprint density at radius 1 is 1.11 bits per heavy atom. The van der Waals surface area contributed by atoms with E-state index in [1.54, 1.807) is 6.92 Å². The monoisotopic (exact) mass is 318 g/mol. The van der Waals surface area contributed by atoms with Crippen molar-refractivity contribution in [3.05, 3.63) is 64.6 Å². The summed E-state index contributed by atoms with van der Waals surface area (Å²) in [6.07, 6.45) is 0. The highest BCUT2D eigenvalue weighted by molar-refractivity contribution is 9.10. The van der Waals surface area contributed by atoms with Crippen molar-refractivity contribution in [2.75, 3.05) is 5.32 Å². The topological polar surface area (TPSA) is 55.1 Å². The van der Waals surface area contributed by atoms with E-state index < -0.39 is 11.4 Å². The molecule has 0 bridgehead atoms.